The lowest BCUT2D eigenvalue weighted by Crippen LogP contribution is -2.53. The lowest BCUT2D eigenvalue weighted by Gasteiger charge is -2.33. The van der Waals surface area contributed by atoms with Gasteiger partial charge in [0.05, 0.1) is 22.5 Å². The summed E-state index contributed by atoms with van der Waals surface area (Å²) in [4.78, 5) is 22.4. The zero-order chi connectivity index (χ0) is 23.4. The Morgan fingerprint density at radius 3 is 1.97 bits per heavy atom. The van der Waals surface area contributed by atoms with E-state index in [0.717, 1.165) is 6.42 Å². The summed E-state index contributed by atoms with van der Waals surface area (Å²) in [7, 11) is 0. The summed E-state index contributed by atoms with van der Waals surface area (Å²) in [5.74, 6) is -1.08. The maximum Gasteiger partial charge on any atom is 0.303 e. The van der Waals surface area contributed by atoms with E-state index in [1.165, 1.54) is 0 Å². The van der Waals surface area contributed by atoms with Crippen molar-refractivity contribution in [1.82, 2.24) is 16.0 Å². The normalized spacial score (nSPS) is 14.5. The van der Waals surface area contributed by atoms with Crippen molar-refractivity contribution in [2.75, 3.05) is 13.1 Å². The van der Waals surface area contributed by atoms with E-state index in [1.807, 2.05) is 27.7 Å². The quantitative estimate of drug-likeness (QED) is 0.132. The highest BCUT2D eigenvalue weighted by Gasteiger charge is 2.27. The molecule has 0 heterocycles. The number of carbonyl (C=O) groups excluding carboxylic acids is 1. The molecule has 0 spiro atoms. The first-order chi connectivity index (χ1) is 13.9. The molecule has 0 aromatic carbocycles. The Bertz CT molecular complexity index is 617. The fraction of sp³-hybridized carbons (Fsp3) is 0.800. The van der Waals surface area contributed by atoms with Crippen LogP contribution in [0.4, 0.5) is 0 Å². The van der Waals surface area contributed by atoms with Crippen LogP contribution in [-0.2, 0) is 9.59 Å². The molecule has 1 atom stereocenters. The fourth-order valence-corrected chi connectivity index (χ4v) is 2.71. The number of carbonyl (C=O) groups is 2. The van der Waals surface area contributed by atoms with Gasteiger partial charge in [0.2, 0.25) is 5.91 Å². The molecule has 0 aliphatic rings. The average Bonchev–Trinajstić information content (AvgIpc) is 2.65. The molecule has 0 aliphatic heterocycles. The second-order valence-corrected chi connectivity index (χ2v) is 8.56. The highest BCUT2D eigenvalue weighted by Crippen LogP contribution is 2.12. The van der Waals surface area contributed by atoms with Gasteiger partial charge in [-0.05, 0) is 67.3 Å². The average molecular weight is 430 g/mol. The first kappa shape index (κ1) is 27.8. The van der Waals surface area contributed by atoms with Crippen LogP contribution in [0.2, 0.25) is 0 Å². The molecule has 0 rings (SSSR count). The number of oxime groups is 2. The minimum absolute atomic E-state index is 0.00527. The summed E-state index contributed by atoms with van der Waals surface area (Å²) in [6, 6.07) is 0.00527. The van der Waals surface area contributed by atoms with Crippen molar-refractivity contribution < 1.29 is 25.1 Å². The number of rotatable bonds is 15. The van der Waals surface area contributed by atoms with Crippen LogP contribution in [0.25, 0.3) is 0 Å². The van der Waals surface area contributed by atoms with E-state index in [4.69, 9.17) is 15.5 Å². The molecular weight excluding hydrogens is 390 g/mol. The van der Waals surface area contributed by atoms with Crippen LogP contribution in [0.15, 0.2) is 10.3 Å². The molecule has 0 radical (unpaired) electrons. The van der Waals surface area contributed by atoms with E-state index < -0.39 is 17.0 Å². The summed E-state index contributed by atoms with van der Waals surface area (Å²) < 4.78 is 0. The van der Waals surface area contributed by atoms with E-state index in [1.54, 1.807) is 13.8 Å². The van der Waals surface area contributed by atoms with E-state index in [2.05, 4.69) is 26.3 Å². The Hall–Kier alpha value is -2.20. The lowest BCUT2D eigenvalue weighted by atomic mass is 9.95. The van der Waals surface area contributed by atoms with Gasteiger partial charge in [-0.2, -0.15) is 0 Å². The molecule has 30 heavy (non-hydrogen) atoms. The van der Waals surface area contributed by atoms with Crippen LogP contribution < -0.4 is 16.0 Å². The molecule has 0 saturated carbocycles. The smallest absolute Gasteiger partial charge is 0.303 e. The van der Waals surface area contributed by atoms with E-state index in [-0.39, 0.29) is 24.8 Å². The Labute approximate surface area is 179 Å². The molecule has 0 bridgehead atoms. The Morgan fingerprint density at radius 2 is 1.43 bits per heavy atom. The molecule has 1 unspecified atom stereocenters. The zero-order valence-electron chi connectivity index (χ0n) is 19.1. The van der Waals surface area contributed by atoms with Crippen molar-refractivity contribution in [2.24, 2.45) is 10.3 Å². The van der Waals surface area contributed by atoms with E-state index in [9.17, 15) is 9.59 Å². The molecule has 0 aromatic heterocycles. The van der Waals surface area contributed by atoms with Crippen molar-refractivity contribution in [3.8, 4) is 0 Å². The summed E-state index contributed by atoms with van der Waals surface area (Å²) in [5.41, 5.74) is 0.115. The number of amides is 1. The topological polar surface area (TPSA) is 156 Å². The third kappa shape index (κ3) is 11.1. The number of carboxylic acids is 1. The fourth-order valence-electron chi connectivity index (χ4n) is 2.71. The van der Waals surface area contributed by atoms with Crippen LogP contribution in [-0.4, -0.2) is 69.0 Å². The highest BCUT2D eigenvalue weighted by molar-refractivity contribution is 5.90. The van der Waals surface area contributed by atoms with Gasteiger partial charge in [-0.3, -0.25) is 9.59 Å². The molecule has 10 nitrogen and oxygen atoms in total. The third-order valence-corrected chi connectivity index (χ3v) is 5.34. The maximum atomic E-state index is 11.9. The van der Waals surface area contributed by atoms with Crippen LogP contribution in [0, 0.1) is 0 Å². The predicted octanol–water partition coefficient (Wildman–Crippen LogP) is 1.94. The monoisotopic (exact) mass is 429 g/mol. The van der Waals surface area contributed by atoms with Crippen LogP contribution in [0.1, 0.15) is 73.6 Å². The van der Waals surface area contributed by atoms with Gasteiger partial charge in [0.1, 0.15) is 0 Å². The van der Waals surface area contributed by atoms with E-state index in [0.29, 0.717) is 37.4 Å². The molecular formula is C20H39N5O5. The Kier molecular flexibility index (Phi) is 12.2. The first-order valence-corrected chi connectivity index (χ1v) is 10.2. The largest absolute Gasteiger partial charge is 0.481 e. The number of aliphatic carboxylic acids is 1. The molecule has 10 heteroatoms. The summed E-state index contributed by atoms with van der Waals surface area (Å²) in [5, 5.41) is 43.0. The number of nitrogens with one attached hydrogen (secondary N) is 3. The van der Waals surface area contributed by atoms with Gasteiger partial charge in [-0.25, -0.2) is 0 Å². The standard InChI is InChI=1S/C20H39N5O5/c1-14(24-29)19(3,4)22-13-11-16(23-20(5,6)15(2)25-30)10-12-21-17(26)8-7-9-18(27)28/h16,22-23,29-30H,7-13H2,1-6H3,(H,21,26)(H,27,28)/b24-14+,25-15+. The van der Waals surface area contributed by atoms with Crippen molar-refractivity contribution in [3.63, 3.8) is 0 Å². The third-order valence-electron chi connectivity index (χ3n) is 5.34. The number of carboxylic acid groups (broad SMARTS) is 1. The van der Waals surface area contributed by atoms with Gasteiger partial charge in [0.25, 0.3) is 0 Å². The maximum absolute atomic E-state index is 11.9. The van der Waals surface area contributed by atoms with Crippen molar-refractivity contribution >= 4 is 23.3 Å². The Morgan fingerprint density at radius 1 is 0.900 bits per heavy atom. The SMILES string of the molecule is C/C(=N\O)C(C)(C)NCCC(CCNC(=O)CCCC(=O)O)NC(C)(C)/C(C)=N/O. The predicted molar refractivity (Wildman–Crippen MR) is 117 cm³/mol. The highest BCUT2D eigenvalue weighted by atomic mass is 16.4. The molecule has 0 aliphatic carbocycles. The van der Waals surface area contributed by atoms with Crippen LogP contribution >= 0.6 is 0 Å². The minimum atomic E-state index is -0.910. The van der Waals surface area contributed by atoms with Crippen LogP contribution in [0.5, 0.6) is 0 Å². The van der Waals surface area contributed by atoms with Gasteiger partial charge >= 0.3 is 5.97 Å². The van der Waals surface area contributed by atoms with Gasteiger partial charge < -0.3 is 31.5 Å². The van der Waals surface area contributed by atoms with E-state index >= 15 is 0 Å². The lowest BCUT2D eigenvalue weighted by molar-refractivity contribution is -0.137. The van der Waals surface area contributed by atoms with Gasteiger partial charge in [0.15, 0.2) is 0 Å². The molecule has 6 N–H and O–H groups in total. The Balaban J connectivity index is 4.80. The molecule has 0 aromatic rings. The number of nitrogens with zero attached hydrogens (tertiary/aromatic N) is 2. The minimum Gasteiger partial charge on any atom is -0.481 e. The first-order valence-electron chi connectivity index (χ1n) is 10.2. The molecule has 1 amide bonds. The van der Waals surface area contributed by atoms with Gasteiger partial charge in [0, 0.05) is 25.4 Å². The molecule has 0 saturated heterocycles. The summed E-state index contributed by atoms with van der Waals surface area (Å²) in [6.07, 6.45) is 1.83. The number of hydrogen-bond acceptors (Lipinski definition) is 8. The van der Waals surface area contributed by atoms with Gasteiger partial charge in [-0.15, -0.1) is 0 Å². The van der Waals surface area contributed by atoms with Crippen LogP contribution in [0.3, 0.4) is 0 Å². The van der Waals surface area contributed by atoms with Crippen molar-refractivity contribution in [3.05, 3.63) is 0 Å². The summed E-state index contributed by atoms with van der Waals surface area (Å²) in [6.45, 7) is 12.2. The second kappa shape index (κ2) is 13.2. The summed E-state index contributed by atoms with van der Waals surface area (Å²) >= 11 is 0. The van der Waals surface area contributed by atoms with Crippen molar-refractivity contribution in [1.29, 1.82) is 0 Å². The number of hydrogen-bond donors (Lipinski definition) is 6. The zero-order valence-corrected chi connectivity index (χ0v) is 19.1. The van der Waals surface area contributed by atoms with Crippen molar-refractivity contribution in [2.45, 2.75) is 90.8 Å². The molecule has 174 valence electrons. The second-order valence-electron chi connectivity index (χ2n) is 8.56. The molecule has 0 fully saturated rings. The van der Waals surface area contributed by atoms with Gasteiger partial charge in [-0.1, -0.05) is 10.3 Å².